The first kappa shape index (κ1) is 22.5. The molecule has 166 valence electrons. The van der Waals surface area contributed by atoms with Gasteiger partial charge in [0.15, 0.2) is 12.6 Å². The molecule has 1 heterocycles. The van der Waals surface area contributed by atoms with Crippen LogP contribution < -0.4 is 15.4 Å². The van der Waals surface area contributed by atoms with Gasteiger partial charge in [-0.2, -0.15) is 13.2 Å². The number of ether oxygens (including phenoxy) is 1. The summed E-state index contributed by atoms with van der Waals surface area (Å²) in [6.07, 6.45) is -4.40. The molecule has 0 saturated carbocycles. The molecule has 1 aromatic heterocycles. The second kappa shape index (κ2) is 9.72. The summed E-state index contributed by atoms with van der Waals surface area (Å²) in [5.74, 6) is 1.57. The lowest BCUT2D eigenvalue weighted by Crippen LogP contribution is -2.37. The molecule has 0 spiro atoms. The number of para-hydroxylation sites is 2. The van der Waals surface area contributed by atoms with Gasteiger partial charge in [0.1, 0.15) is 11.6 Å². The van der Waals surface area contributed by atoms with Crippen molar-refractivity contribution < 1.29 is 17.9 Å². The maximum Gasteiger partial charge on any atom is 0.422 e. The van der Waals surface area contributed by atoms with E-state index in [0.29, 0.717) is 24.6 Å². The lowest BCUT2D eigenvalue weighted by molar-refractivity contribution is -0.153. The Kier molecular flexibility index (Phi) is 7.04. The second-order valence-electron chi connectivity index (χ2n) is 7.14. The van der Waals surface area contributed by atoms with Crippen molar-refractivity contribution in [3.05, 3.63) is 59.4 Å². The molecule has 0 atom stereocenters. The minimum absolute atomic E-state index is 0.172. The van der Waals surface area contributed by atoms with Crippen LogP contribution in [0.5, 0.6) is 5.75 Å². The van der Waals surface area contributed by atoms with E-state index in [0.717, 1.165) is 22.4 Å². The summed E-state index contributed by atoms with van der Waals surface area (Å²) < 4.78 is 44.7. The third-order valence-electron chi connectivity index (χ3n) is 4.66. The van der Waals surface area contributed by atoms with Crippen LogP contribution in [-0.4, -0.2) is 34.8 Å². The zero-order valence-electron chi connectivity index (χ0n) is 17.8. The molecule has 2 aromatic carbocycles. The van der Waals surface area contributed by atoms with E-state index in [-0.39, 0.29) is 12.3 Å². The predicted molar refractivity (Wildman–Crippen MR) is 115 cm³/mol. The number of halogens is 3. The standard InChI is InChI=1S/C22H26F3N5O/c1-4-26-21(28-13-20-29-17-7-5-6-8-18(17)30(20)3)27-12-16-10-9-15(2)11-19(16)31-14-22(23,24)25/h5-11H,4,12-14H2,1-3H3,(H2,26,27,28). The monoisotopic (exact) mass is 433 g/mol. The van der Waals surface area contributed by atoms with Crippen molar-refractivity contribution in [2.75, 3.05) is 13.2 Å². The number of imidazole rings is 1. The molecule has 0 aliphatic rings. The van der Waals surface area contributed by atoms with Crippen molar-refractivity contribution in [3.8, 4) is 5.75 Å². The average molecular weight is 433 g/mol. The van der Waals surface area contributed by atoms with E-state index in [2.05, 4.69) is 20.6 Å². The van der Waals surface area contributed by atoms with Gasteiger partial charge in [0.2, 0.25) is 0 Å². The van der Waals surface area contributed by atoms with E-state index < -0.39 is 12.8 Å². The first-order valence-electron chi connectivity index (χ1n) is 9.98. The highest BCUT2D eigenvalue weighted by atomic mass is 19.4. The number of guanidine groups is 1. The molecule has 0 aliphatic heterocycles. The maximum absolute atomic E-state index is 12.6. The van der Waals surface area contributed by atoms with Crippen molar-refractivity contribution in [1.82, 2.24) is 20.2 Å². The van der Waals surface area contributed by atoms with Gasteiger partial charge in [-0.25, -0.2) is 9.98 Å². The Labute approximate surface area is 179 Å². The Balaban J connectivity index is 1.73. The van der Waals surface area contributed by atoms with Gasteiger partial charge in [-0.1, -0.05) is 24.3 Å². The molecular formula is C22H26F3N5O. The highest BCUT2D eigenvalue weighted by molar-refractivity contribution is 5.80. The van der Waals surface area contributed by atoms with Crippen LogP contribution in [0.2, 0.25) is 0 Å². The normalized spacial score (nSPS) is 12.3. The van der Waals surface area contributed by atoms with Gasteiger partial charge in [-0.15, -0.1) is 0 Å². The van der Waals surface area contributed by atoms with Crippen molar-refractivity contribution in [2.45, 2.75) is 33.1 Å². The molecular weight excluding hydrogens is 407 g/mol. The van der Waals surface area contributed by atoms with Crippen LogP contribution in [0.15, 0.2) is 47.5 Å². The lowest BCUT2D eigenvalue weighted by Gasteiger charge is -2.14. The summed E-state index contributed by atoms with van der Waals surface area (Å²) in [4.78, 5) is 9.14. The highest BCUT2D eigenvalue weighted by Gasteiger charge is 2.28. The van der Waals surface area contributed by atoms with Gasteiger partial charge in [-0.05, 0) is 37.6 Å². The maximum atomic E-state index is 12.6. The summed E-state index contributed by atoms with van der Waals surface area (Å²) in [7, 11) is 1.95. The number of aryl methyl sites for hydroxylation is 2. The summed E-state index contributed by atoms with van der Waals surface area (Å²) in [5, 5.41) is 6.38. The number of fused-ring (bicyclic) bond motifs is 1. The van der Waals surface area contributed by atoms with Crippen LogP contribution in [0.1, 0.15) is 23.9 Å². The average Bonchev–Trinajstić information content (AvgIpc) is 3.05. The smallest absolute Gasteiger partial charge is 0.422 e. The van der Waals surface area contributed by atoms with Crippen LogP contribution in [0.3, 0.4) is 0 Å². The van der Waals surface area contributed by atoms with Crippen LogP contribution >= 0.6 is 0 Å². The quantitative estimate of drug-likeness (QED) is 0.435. The summed E-state index contributed by atoms with van der Waals surface area (Å²) in [6.45, 7) is 3.66. The topological polar surface area (TPSA) is 63.5 Å². The molecule has 0 saturated heterocycles. The van der Waals surface area contributed by atoms with Gasteiger partial charge in [0.25, 0.3) is 0 Å². The number of alkyl halides is 3. The molecule has 0 bridgehead atoms. The number of benzene rings is 2. The molecule has 6 nitrogen and oxygen atoms in total. The molecule has 31 heavy (non-hydrogen) atoms. The Hall–Kier alpha value is -3.23. The van der Waals surface area contributed by atoms with E-state index in [4.69, 9.17) is 4.74 Å². The molecule has 0 fully saturated rings. The van der Waals surface area contributed by atoms with Crippen LogP contribution in [0, 0.1) is 6.92 Å². The SMILES string of the molecule is CCNC(=NCc1ccc(C)cc1OCC(F)(F)F)NCc1nc2ccccc2n1C. The minimum atomic E-state index is -4.40. The number of aromatic nitrogens is 2. The first-order valence-corrected chi connectivity index (χ1v) is 9.98. The van der Waals surface area contributed by atoms with Gasteiger partial charge in [-0.3, -0.25) is 0 Å². The fraction of sp³-hybridized carbons (Fsp3) is 0.364. The third-order valence-corrected chi connectivity index (χ3v) is 4.66. The predicted octanol–water partition coefficient (Wildman–Crippen LogP) is 4.08. The number of nitrogens with one attached hydrogen (secondary N) is 2. The van der Waals surface area contributed by atoms with Gasteiger partial charge < -0.3 is 19.9 Å². The van der Waals surface area contributed by atoms with Crippen LogP contribution in [-0.2, 0) is 20.1 Å². The van der Waals surface area contributed by atoms with Gasteiger partial charge in [0, 0.05) is 19.2 Å². The number of hydrogen-bond acceptors (Lipinski definition) is 3. The zero-order chi connectivity index (χ0) is 22.4. The number of nitrogens with zero attached hydrogens (tertiary/aromatic N) is 3. The van der Waals surface area contributed by atoms with E-state index in [1.807, 2.05) is 48.9 Å². The van der Waals surface area contributed by atoms with E-state index in [9.17, 15) is 13.2 Å². The molecule has 0 unspecified atom stereocenters. The first-order chi connectivity index (χ1) is 14.8. The Morgan fingerprint density at radius 1 is 1.16 bits per heavy atom. The van der Waals surface area contributed by atoms with Crippen molar-refractivity contribution in [3.63, 3.8) is 0 Å². The number of aliphatic imine (C=N–C) groups is 1. The largest absolute Gasteiger partial charge is 0.484 e. The minimum Gasteiger partial charge on any atom is -0.484 e. The van der Waals surface area contributed by atoms with E-state index >= 15 is 0 Å². The fourth-order valence-electron chi connectivity index (χ4n) is 3.11. The van der Waals surface area contributed by atoms with Gasteiger partial charge >= 0.3 is 6.18 Å². The molecule has 3 rings (SSSR count). The fourth-order valence-corrected chi connectivity index (χ4v) is 3.11. The second-order valence-corrected chi connectivity index (χ2v) is 7.14. The van der Waals surface area contributed by atoms with Gasteiger partial charge in [0.05, 0.1) is 24.1 Å². The summed E-state index contributed by atoms with van der Waals surface area (Å²) >= 11 is 0. The number of hydrogen-bond donors (Lipinski definition) is 2. The molecule has 0 radical (unpaired) electrons. The summed E-state index contributed by atoms with van der Waals surface area (Å²) in [5.41, 5.74) is 3.34. The Morgan fingerprint density at radius 3 is 2.65 bits per heavy atom. The van der Waals surface area contributed by atoms with Crippen molar-refractivity contribution in [1.29, 1.82) is 0 Å². The molecule has 2 N–H and O–H groups in total. The molecule has 0 amide bonds. The van der Waals surface area contributed by atoms with Crippen molar-refractivity contribution >= 4 is 17.0 Å². The molecule has 0 aliphatic carbocycles. The van der Waals surface area contributed by atoms with E-state index in [1.165, 1.54) is 0 Å². The molecule has 3 aromatic rings. The van der Waals surface area contributed by atoms with Crippen LogP contribution in [0.4, 0.5) is 13.2 Å². The third kappa shape index (κ3) is 6.13. The number of rotatable bonds is 7. The molecule has 9 heteroatoms. The van der Waals surface area contributed by atoms with E-state index in [1.54, 1.807) is 19.1 Å². The van der Waals surface area contributed by atoms with Crippen LogP contribution in [0.25, 0.3) is 11.0 Å². The lowest BCUT2D eigenvalue weighted by atomic mass is 10.1. The summed E-state index contributed by atoms with van der Waals surface area (Å²) in [6, 6.07) is 13.0. The van der Waals surface area contributed by atoms with Crippen molar-refractivity contribution in [2.24, 2.45) is 12.0 Å². The Morgan fingerprint density at radius 2 is 1.94 bits per heavy atom. The zero-order valence-corrected chi connectivity index (χ0v) is 17.8. The Bertz CT molecular complexity index is 1060. The highest BCUT2D eigenvalue weighted by Crippen LogP contribution is 2.24.